The number of aliphatic imine (C=N–C) groups is 1. The summed E-state index contributed by atoms with van der Waals surface area (Å²) in [6.45, 7) is 5.71. The fraction of sp³-hybridized carbons (Fsp3) is 0.833. The predicted molar refractivity (Wildman–Crippen MR) is 120 cm³/mol. The van der Waals surface area contributed by atoms with Crippen LogP contribution in [0.25, 0.3) is 0 Å². The van der Waals surface area contributed by atoms with Crippen LogP contribution in [-0.2, 0) is 22.8 Å². The minimum Gasteiger partial charge on any atom is -0.354 e. The van der Waals surface area contributed by atoms with Crippen molar-refractivity contribution in [1.82, 2.24) is 25.4 Å². The van der Waals surface area contributed by atoms with Crippen molar-refractivity contribution in [3.8, 4) is 0 Å². The molecule has 0 spiro atoms. The number of nitrogens with one attached hydrogen (secondary N) is 2. The summed E-state index contributed by atoms with van der Waals surface area (Å²) in [7, 11) is -2.85. The highest BCUT2D eigenvalue weighted by Gasteiger charge is 2.29. The Morgan fingerprint density at radius 1 is 1.18 bits per heavy atom. The number of aryl methyl sites for hydroxylation is 1. The molecule has 3 heterocycles. The third-order valence-corrected chi connectivity index (χ3v) is 7.42. The highest BCUT2D eigenvalue weighted by atomic mass is 127. The highest BCUT2D eigenvalue weighted by Crippen LogP contribution is 2.22. The molecule has 0 aromatic carbocycles. The number of fused-ring (bicyclic) bond motifs is 1. The van der Waals surface area contributed by atoms with E-state index in [-0.39, 0.29) is 41.7 Å². The molecule has 0 bridgehead atoms. The van der Waals surface area contributed by atoms with Crippen LogP contribution in [0.3, 0.4) is 0 Å². The molecule has 2 unspecified atom stereocenters. The van der Waals surface area contributed by atoms with Crippen LogP contribution in [0, 0.1) is 5.92 Å². The predicted octanol–water partition coefficient (Wildman–Crippen LogP) is 1.47. The van der Waals surface area contributed by atoms with Gasteiger partial charge in [-0.1, -0.05) is 13.8 Å². The second kappa shape index (κ2) is 8.85. The van der Waals surface area contributed by atoms with Crippen molar-refractivity contribution in [2.75, 3.05) is 18.1 Å². The van der Waals surface area contributed by atoms with E-state index < -0.39 is 9.84 Å². The normalized spacial score (nSPS) is 26.6. The van der Waals surface area contributed by atoms with Crippen LogP contribution in [0.15, 0.2) is 4.99 Å². The number of rotatable bonds is 5. The average Bonchev–Trinajstić information content (AvgIpc) is 3.20. The molecule has 10 heteroatoms. The molecule has 4 rings (SSSR count). The molecular formula is C18H31IN6O2S. The van der Waals surface area contributed by atoms with Crippen LogP contribution in [0.1, 0.15) is 57.1 Å². The lowest BCUT2D eigenvalue weighted by Gasteiger charge is -2.27. The van der Waals surface area contributed by atoms with Gasteiger partial charge in [0.05, 0.1) is 11.5 Å². The molecule has 8 nitrogen and oxygen atoms in total. The van der Waals surface area contributed by atoms with Gasteiger partial charge in [0.1, 0.15) is 11.6 Å². The van der Waals surface area contributed by atoms with Crippen LogP contribution in [0.2, 0.25) is 0 Å². The molecule has 2 atom stereocenters. The molecule has 0 radical (unpaired) electrons. The Bertz CT molecular complexity index is 818. The second-order valence-electron chi connectivity index (χ2n) is 8.50. The van der Waals surface area contributed by atoms with Crippen LogP contribution >= 0.6 is 24.0 Å². The van der Waals surface area contributed by atoms with Gasteiger partial charge in [-0.25, -0.2) is 8.42 Å². The molecule has 0 amide bonds. The molecule has 1 saturated carbocycles. The van der Waals surface area contributed by atoms with E-state index in [9.17, 15) is 8.42 Å². The van der Waals surface area contributed by atoms with E-state index in [1.165, 1.54) is 12.8 Å². The van der Waals surface area contributed by atoms with Crippen molar-refractivity contribution >= 4 is 39.8 Å². The summed E-state index contributed by atoms with van der Waals surface area (Å²) in [5, 5.41) is 15.8. The number of hydrogen-bond donors (Lipinski definition) is 2. The summed E-state index contributed by atoms with van der Waals surface area (Å²) in [6, 6.07) is 0.784. The Labute approximate surface area is 184 Å². The van der Waals surface area contributed by atoms with Crippen LogP contribution in [-0.4, -0.2) is 59.3 Å². The van der Waals surface area contributed by atoms with E-state index >= 15 is 0 Å². The van der Waals surface area contributed by atoms with Crippen molar-refractivity contribution in [3.05, 3.63) is 11.6 Å². The smallest absolute Gasteiger partial charge is 0.191 e. The van der Waals surface area contributed by atoms with E-state index in [0.29, 0.717) is 24.3 Å². The lowest BCUT2D eigenvalue weighted by atomic mass is 10.1. The number of halogens is 1. The Morgan fingerprint density at radius 2 is 1.93 bits per heavy atom. The molecule has 1 saturated heterocycles. The molecule has 2 N–H and O–H groups in total. The topological polar surface area (TPSA) is 101 Å². The molecule has 3 aliphatic rings. The van der Waals surface area contributed by atoms with Crippen molar-refractivity contribution in [2.24, 2.45) is 10.9 Å². The van der Waals surface area contributed by atoms with Crippen molar-refractivity contribution in [3.63, 3.8) is 0 Å². The summed E-state index contributed by atoms with van der Waals surface area (Å²) in [6.07, 6.45) is 4.99. The Hall–Kier alpha value is -0.910. The van der Waals surface area contributed by atoms with Gasteiger partial charge in [-0.05, 0) is 31.6 Å². The molecule has 1 aromatic rings. The van der Waals surface area contributed by atoms with Crippen molar-refractivity contribution in [2.45, 2.75) is 70.5 Å². The number of sulfone groups is 1. The molecular weight excluding hydrogens is 491 g/mol. The van der Waals surface area contributed by atoms with Crippen molar-refractivity contribution < 1.29 is 8.42 Å². The van der Waals surface area contributed by atoms with Crippen LogP contribution in [0.4, 0.5) is 0 Å². The first-order chi connectivity index (χ1) is 12.9. The van der Waals surface area contributed by atoms with E-state index in [4.69, 9.17) is 4.99 Å². The molecule has 28 heavy (non-hydrogen) atoms. The number of hydrogen-bond acceptors (Lipinski definition) is 5. The van der Waals surface area contributed by atoms with Gasteiger partial charge in [-0.3, -0.25) is 4.99 Å². The summed E-state index contributed by atoms with van der Waals surface area (Å²) in [5.74, 6) is 4.03. The van der Waals surface area contributed by atoms with Gasteiger partial charge in [-0.2, -0.15) is 0 Å². The Morgan fingerprint density at radius 3 is 2.57 bits per heavy atom. The first kappa shape index (κ1) is 21.8. The summed E-state index contributed by atoms with van der Waals surface area (Å²) in [4.78, 5) is 4.74. The molecule has 158 valence electrons. The standard InChI is InChI=1S/C18H30N6O2S.HI/c1-12(2)17-23-22-16-6-5-15(10-24(16)17)21-18(20-14-3-4-14)19-9-13-7-8-27(25,26)11-13;/h12-15H,3-11H2,1-2H3,(H2,19,20,21);1H. The molecule has 1 aromatic heterocycles. The molecule has 2 fully saturated rings. The zero-order valence-electron chi connectivity index (χ0n) is 16.6. The van der Waals surface area contributed by atoms with Crippen LogP contribution < -0.4 is 10.6 Å². The van der Waals surface area contributed by atoms with E-state index in [0.717, 1.165) is 43.4 Å². The minimum atomic E-state index is -2.85. The monoisotopic (exact) mass is 522 g/mol. The highest BCUT2D eigenvalue weighted by molar-refractivity contribution is 14.0. The van der Waals surface area contributed by atoms with E-state index in [1.807, 2.05) is 0 Å². The first-order valence-electron chi connectivity index (χ1n) is 10.1. The largest absolute Gasteiger partial charge is 0.354 e. The van der Waals surface area contributed by atoms with Crippen LogP contribution in [0.5, 0.6) is 0 Å². The maximum Gasteiger partial charge on any atom is 0.191 e. The number of nitrogens with zero attached hydrogens (tertiary/aromatic N) is 4. The third kappa shape index (κ3) is 5.37. The van der Waals surface area contributed by atoms with Gasteiger partial charge in [-0.15, -0.1) is 34.2 Å². The van der Waals surface area contributed by atoms with Crippen molar-refractivity contribution in [1.29, 1.82) is 0 Å². The zero-order valence-corrected chi connectivity index (χ0v) is 19.7. The SMILES string of the molecule is CC(C)c1nnc2n1CC(NC(=NCC1CCS(=O)(=O)C1)NC1CC1)CC2.I. The lowest BCUT2D eigenvalue weighted by molar-refractivity contribution is 0.407. The van der Waals surface area contributed by atoms with Gasteiger partial charge in [0.15, 0.2) is 15.8 Å². The molecule has 2 aliphatic heterocycles. The van der Waals surface area contributed by atoms with Gasteiger partial charge in [0.25, 0.3) is 0 Å². The summed E-state index contributed by atoms with van der Waals surface area (Å²) < 4.78 is 25.6. The fourth-order valence-electron chi connectivity index (χ4n) is 3.88. The van der Waals surface area contributed by atoms with Gasteiger partial charge >= 0.3 is 0 Å². The third-order valence-electron chi connectivity index (χ3n) is 5.59. The first-order valence-corrected chi connectivity index (χ1v) is 11.9. The van der Waals surface area contributed by atoms with E-state index in [1.54, 1.807) is 0 Å². The summed E-state index contributed by atoms with van der Waals surface area (Å²) in [5.41, 5.74) is 0. The fourth-order valence-corrected chi connectivity index (χ4v) is 5.73. The lowest BCUT2D eigenvalue weighted by Crippen LogP contribution is -2.48. The Kier molecular flexibility index (Phi) is 6.88. The number of aromatic nitrogens is 3. The summed E-state index contributed by atoms with van der Waals surface area (Å²) >= 11 is 0. The van der Waals surface area contributed by atoms with E-state index in [2.05, 4.69) is 39.2 Å². The maximum absolute atomic E-state index is 11.7. The average molecular weight is 522 g/mol. The minimum absolute atomic E-state index is 0. The zero-order chi connectivity index (χ0) is 19.0. The quantitative estimate of drug-likeness (QED) is 0.345. The molecule has 1 aliphatic carbocycles. The maximum atomic E-state index is 11.7. The number of guanidine groups is 1. The van der Waals surface area contributed by atoms with Gasteiger partial charge in [0.2, 0.25) is 0 Å². The van der Waals surface area contributed by atoms with Gasteiger partial charge < -0.3 is 15.2 Å². The second-order valence-corrected chi connectivity index (χ2v) is 10.7. The Balaban J connectivity index is 0.00000225. The van der Waals surface area contributed by atoms with Gasteiger partial charge in [0, 0.05) is 37.5 Å².